The average Bonchev–Trinajstić information content (AvgIpc) is 3.15. The molecule has 0 aliphatic carbocycles. The van der Waals surface area contributed by atoms with E-state index in [9.17, 15) is 19.7 Å². The molecule has 3 N–H and O–H groups in total. The molecule has 10 nitrogen and oxygen atoms in total. The number of nitro benzene ring substituents is 1. The van der Waals surface area contributed by atoms with Gasteiger partial charge in [-0.15, -0.1) is 5.10 Å². The second-order valence-corrected chi connectivity index (χ2v) is 6.88. The van der Waals surface area contributed by atoms with Crippen LogP contribution in [0.1, 0.15) is 6.92 Å². The molecular weight excluding hydrogens is 398 g/mol. The number of non-ortho nitro benzene ring substituents is 1. The van der Waals surface area contributed by atoms with E-state index in [4.69, 9.17) is 5.11 Å². The molecule has 2 aromatic carbocycles. The van der Waals surface area contributed by atoms with Crippen LogP contribution in [0.25, 0.3) is 22.5 Å². The lowest BCUT2D eigenvalue weighted by atomic mass is 10.0. The molecule has 0 saturated carbocycles. The molecule has 148 valence electrons. The number of carbonyl (C=O) groups is 2. The molecule has 0 atom stereocenters. The highest BCUT2D eigenvalue weighted by Crippen LogP contribution is 2.31. The van der Waals surface area contributed by atoms with Gasteiger partial charge in [-0.2, -0.15) is 0 Å². The van der Waals surface area contributed by atoms with Crippen LogP contribution < -0.4 is 5.32 Å². The van der Waals surface area contributed by atoms with E-state index < -0.39 is 10.9 Å². The summed E-state index contributed by atoms with van der Waals surface area (Å²) in [6.07, 6.45) is 0. The molecule has 29 heavy (non-hydrogen) atoms. The van der Waals surface area contributed by atoms with Gasteiger partial charge in [0, 0.05) is 30.3 Å². The highest BCUT2D eigenvalue weighted by molar-refractivity contribution is 7.99. The van der Waals surface area contributed by atoms with E-state index in [2.05, 4.69) is 20.5 Å². The van der Waals surface area contributed by atoms with E-state index in [0.717, 1.165) is 11.8 Å². The van der Waals surface area contributed by atoms with Crippen LogP contribution in [0.3, 0.4) is 0 Å². The van der Waals surface area contributed by atoms with Gasteiger partial charge in [0.05, 0.1) is 10.7 Å². The molecule has 1 heterocycles. The molecule has 0 bridgehead atoms. The minimum atomic E-state index is -0.998. The molecular formula is C18H15N5O5S. The Morgan fingerprint density at radius 3 is 2.48 bits per heavy atom. The Hall–Kier alpha value is -3.73. The number of carboxylic acid groups (broad SMARTS) is 1. The maximum absolute atomic E-state index is 11.4. The van der Waals surface area contributed by atoms with Crippen LogP contribution in [-0.2, 0) is 9.59 Å². The average molecular weight is 413 g/mol. The number of aliphatic carboxylic acids is 1. The third-order valence-corrected chi connectivity index (χ3v) is 4.56. The van der Waals surface area contributed by atoms with Crippen LogP contribution in [-0.4, -0.2) is 42.8 Å². The van der Waals surface area contributed by atoms with Gasteiger partial charge in [-0.05, 0) is 29.3 Å². The number of thioether (sulfide) groups is 1. The standard InChI is InChI=1S/C18H15N5O5S/c1-10(24)19-14-4-2-11(3-5-14)12-6-13(8-15(7-12)23(27)28)17-20-18(22-21-17)29-9-16(25)26/h2-8H,9H2,1H3,(H,19,24)(H,25,26)(H,20,21,22). The van der Waals surface area contributed by atoms with E-state index >= 15 is 0 Å². The summed E-state index contributed by atoms with van der Waals surface area (Å²) in [4.78, 5) is 36.9. The molecule has 3 rings (SSSR count). The fourth-order valence-corrected chi connectivity index (χ4v) is 3.05. The van der Waals surface area contributed by atoms with Crippen molar-refractivity contribution in [1.82, 2.24) is 15.2 Å². The normalized spacial score (nSPS) is 10.5. The third kappa shape index (κ3) is 5.17. The summed E-state index contributed by atoms with van der Waals surface area (Å²) in [5.74, 6) is -1.10. The monoisotopic (exact) mass is 413 g/mol. The molecule has 1 aromatic heterocycles. The first kappa shape index (κ1) is 20.0. The number of carboxylic acids is 1. The van der Waals surface area contributed by atoms with Crippen LogP contribution in [0.4, 0.5) is 11.4 Å². The predicted octanol–water partition coefficient (Wildman–Crippen LogP) is 3.18. The highest BCUT2D eigenvalue weighted by Gasteiger charge is 2.15. The lowest BCUT2D eigenvalue weighted by Gasteiger charge is -2.07. The third-order valence-electron chi connectivity index (χ3n) is 3.73. The van der Waals surface area contributed by atoms with Crippen LogP contribution >= 0.6 is 11.8 Å². The van der Waals surface area contributed by atoms with Crippen molar-refractivity contribution in [2.24, 2.45) is 0 Å². The Bertz CT molecular complexity index is 1080. The maximum atomic E-state index is 11.4. The summed E-state index contributed by atoms with van der Waals surface area (Å²) < 4.78 is 0. The molecule has 0 aliphatic rings. The van der Waals surface area contributed by atoms with E-state index in [1.807, 2.05) is 0 Å². The van der Waals surface area contributed by atoms with Gasteiger partial charge < -0.3 is 10.4 Å². The Morgan fingerprint density at radius 2 is 1.86 bits per heavy atom. The van der Waals surface area contributed by atoms with Gasteiger partial charge in [0.15, 0.2) is 5.82 Å². The Labute approximate surface area is 168 Å². The number of aromatic amines is 1. The highest BCUT2D eigenvalue weighted by atomic mass is 32.2. The zero-order chi connectivity index (χ0) is 21.0. The number of hydrogen-bond acceptors (Lipinski definition) is 7. The number of hydrogen-bond donors (Lipinski definition) is 3. The zero-order valence-corrected chi connectivity index (χ0v) is 15.9. The number of H-pyrrole nitrogens is 1. The van der Waals surface area contributed by atoms with Crippen LogP contribution in [0.2, 0.25) is 0 Å². The van der Waals surface area contributed by atoms with Gasteiger partial charge in [-0.3, -0.25) is 24.8 Å². The quantitative estimate of drug-likeness (QED) is 0.303. The first-order valence-electron chi connectivity index (χ1n) is 8.26. The number of rotatable bonds is 7. The summed E-state index contributed by atoms with van der Waals surface area (Å²) in [5, 5.41) is 29.6. The number of benzene rings is 2. The molecule has 0 unspecified atom stereocenters. The van der Waals surface area contributed by atoms with E-state index in [1.165, 1.54) is 19.1 Å². The van der Waals surface area contributed by atoms with Crippen molar-refractivity contribution < 1.29 is 19.6 Å². The number of nitrogens with one attached hydrogen (secondary N) is 2. The van der Waals surface area contributed by atoms with Crippen molar-refractivity contribution in [3.63, 3.8) is 0 Å². The van der Waals surface area contributed by atoms with Crippen molar-refractivity contribution >= 4 is 35.0 Å². The van der Waals surface area contributed by atoms with Gasteiger partial charge in [-0.1, -0.05) is 23.9 Å². The fraction of sp³-hybridized carbons (Fsp3) is 0.111. The van der Waals surface area contributed by atoms with Crippen molar-refractivity contribution in [1.29, 1.82) is 0 Å². The topological polar surface area (TPSA) is 151 Å². The molecule has 1 amide bonds. The Morgan fingerprint density at radius 1 is 1.17 bits per heavy atom. The molecule has 3 aromatic rings. The lowest BCUT2D eigenvalue weighted by Crippen LogP contribution is -2.05. The lowest BCUT2D eigenvalue weighted by molar-refractivity contribution is -0.384. The molecule has 0 spiro atoms. The molecule has 0 aliphatic heterocycles. The van der Waals surface area contributed by atoms with Crippen LogP contribution in [0, 0.1) is 10.1 Å². The van der Waals surface area contributed by atoms with Crippen LogP contribution in [0.5, 0.6) is 0 Å². The van der Waals surface area contributed by atoms with Crippen molar-refractivity contribution in [3.05, 3.63) is 52.6 Å². The Balaban J connectivity index is 1.95. The van der Waals surface area contributed by atoms with E-state index in [0.29, 0.717) is 22.4 Å². The maximum Gasteiger partial charge on any atom is 0.313 e. The number of amides is 1. The van der Waals surface area contributed by atoms with Gasteiger partial charge in [0.25, 0.3) is 5.69 Å². The number of nitro groups is 1. The molecule has 0 saturated heterocycles. The number of nitrogens with zero attached hydrogens (tertiary/aromatic N) is 3. The molecule has 0 radical (unpaired) electrons. The van der Waals surface area contributed by atoms with Crippen molar-refractivity contribution in [2.45, 2.75) is 12.1 Å². The largest absolute Gasteiger partial charge is 0.481 e. The minimum absolute atomic E-state index is 0.125. The smallest absolute Gasteiger partial charge is 0.313 e. The first-order valence-corrected chi connectivity index (χ1v) is 9.25. The van der Waals surface area contributed by atoms with Crippen LogP contribution in [0.15, 0.2) is 47.6 Å². The van der Waals surface area contributed by atoms with Gasteiger partial charge in [0.1, 0.15) is 0 Å². The minimum Gasteiger partial charge on any atom is -0.481 e. The van der Waals surface area contributed by atoms with Gasteiger partial charge >= 0.3 is 5.97 Å². The van der Waals surface area contributed by atoms with Gasteiger partial charge in [0.2, 0.25) is 11.1 Å². The SMILES string of the molecule is CC(=O)Nc1ccc(-c2cc(-c3nc(SCC(=O)O)n[nH]3)cc([N+](=O)[O-])c2)cc1. The predicted molar refractivity (Wildman–Crippen MR) is 107 cm³/mol. The van der Waals surface area contributed by atoms with E-state index in [-0.39, 0.29) is 28.3 Å². The van der Waals surface area contributed by atoms with Crippen molar-refractivity contribution in [2.75, 3.05) is 11.1 Å². The van der Waals surface area contributed by atoms with Crippen molar-refractivity contribution in [3.8, 4) is 22.5 Å². The number of carbonyl (C=O) groups excluding carboxylic acids is 1. The summed E-state index contributed by atoms with van der Waals surface area (Å²) in [6, 6.07) is 11.4. The second-order valence-electron chi connectivity index (χ2n) is 5.93. The molecule has 0 fully saturated rings. The second kappa shape index (κ2) is 8.52. The van der Waals surface area contributed by atoms with E-state index in [1.54, 1.807) is 30.3 Å². The summed E-state index contributed by atoms with van der Waals surface area (Å²) in [6.45, 7) is 1.40. The summed E-state index contributed by atoms with van der Waals surface area (Å²) in [7, 11) is 0. The molecule has 11 heteroatoms. The number of aromatic nitrogens is 3. The van der Waals surface area contributed by atoms with Gasteiger partial charge in [-0.25, -0.2) is 4.98 Å². The summed E-state index contributed by atoms with van der Waals surface area (Å²) >= 11 is 0.940. The fourth-order valence-electron chi connectivity index (χ4n) is 2.54. The Kier molecular flexibility index (Phi) is 5.88. The first-order chi connectivity index (χ1) is 13.8. The summed E-state index contributed by atoms with van der Waals surface area (Å²) in [5.41, 5.74) is 2.22. The zero-order valence-electron chi connectivity index (χ0n) is 15.1. The number of anilines is 1.